The number of nitrogens with one attached hydrogen (secondary N) is 1. The number of methoxy groups -OCH3 is 1. The second-order valence-electron chi connectivity index (χ2n) is 5.07. The number of carbonyl (C=O) groups excluding carboxylic acids is 1. The Morgan fingerprint density at radius 2 is 2.08 bits per heavy atom. The lowest BCUT2D eigenvalue weighted by Gasteiger charge is -2.10. The smallest absolute Gasteiger partial charge is 0.355 e. The van der Waals surface area contributed by atoms with E-state index in [1.165, 1.54) is 42.0 Å². The molecule has 0 saturated carbocycles. The van der Waals surface area contributed by atoms with Crippen LogP contribution in [0.3, 0.4) is 0 Å². The lowest BCUT2D eigenvalue weighted by molar-refractivity contribution is 0.0690. The van der Waals surface area contributed by atoms with E-state index in [0.29, 0.717) is 11.4 Å². The zero-order valence-electron chi connectivity index (χ0n) is 13.5. The van der Waals surface area contributed by atoms with Gasteiger partial charge in [-0.3, -0.25) is 4.79 Å². The number of carboxylic acids is 1. The summed E-state index contributed by atoms with van der Waals surface area (Å²) in [5.74, 6) is -1.33. The van der Waals surface area contributed by atoms with Gasteiger partial charge in [-0.2, -0.15) is 0 Å². The Morgan fingerprint density at radius 3 is 2.64 bits per heavy atom. The summed E-state index contributed by atoms with van der Waals surface area (Å²) >= 11 is 1.19. The summed E-state index contributed by atoms with van der Waals surface area (Å²) < 4.78 is 28.4. The van der Waals surface area contributed by atoms with E-state index in [1.54, 1.807) is 0 Å². The number of sulfone groups is 1. The lowest BCUT2D eigenvalue weighted by Crippen LogP contribution is -2.26. The van der Waals surface area contributed by atoms with Crippen LogP contribution < -0.4 is 10.1 Å². The minimum atomic E-state index is -3.45. The Kier molecular flexibility index (Phi) is 5.75. The Bertz CT molecular complexity index is 904. The molecule has 0 radical (unpaired) electrons. The molecule has 1 heterocycles. The summed E-state index contributed by atoms with van der Waals surface area (Å²) in [5, 5.41) is 13.5. The first-order valence-electron chi connectivity index (χ1n) is 7.06. The molecule has 1 aromatic carbocycles. The number of nitrogens with zero attached hydrogens (tertiary/aromatic N) is 1. The van der Waals surface area contributed by atoms with E-state index in [9.17, 15) is 18.0 Å². The molecule has 0 fully saturated rings. The quantitative estimate of drug-likeness (QED) is 0.736. The second-order valence-corrected chi connectivity index (χ2v) is 8.03. The number of hydrogen-bond donors (Lipinski definition) is 2. The van der Waals surface area contributed by atoms with Crippen LogP contribution in [0.1, 0.15) is 25.9 Å². The van der Waals surface area contributed by atoms with Crippen LogP contribution in [0.5, 0.6) is 5.75 Å². The standard InChI is InChI=1S/C15H16N2O6S2/c1-23-12-4-3-9(25(2,21)22)7-10(12)14(18)16-6-5-13-17-11(8-24-13)15(19)20/h3-4,7-8H,5-6H2,1-2H3,(H,16,18)(H,19,20). The Morgan fingerprint density at radius 1 is 1.36 bits per heavy atom. The van der Waals surface area contributed by atoms with Crippen molar-refractivity contribution in [2.24, 2.45) is 0 Å². The topological polar surface area (TPSA) is 123 Å². The summed E-state index contributed by atoms with van der Waals surface area (Å²) in [7, 11) is -2.07. The van der Waals surface area contributed by atoms with Gasteiger partial charge < -0.3 is 15.2 Å². The minimum absolute atomic E-state index is 0.0180. The molecule has 2 aromatic rings. The maximum Gasteiger partial charge on any atom is 0.355 e. The molecule has 25 heavy (non-hydrogen) atoms. The predicted octanol–water partition coefficient (Wildman–Crippen LogP) is 1.23. The third-order valence-corrected chi connectivity index (χ3v) is 5.26. The molecule has 0 spiro atoms. The number of ether oxygens (including phenoxy) is 1. The van der Waals surface area contributed by atoms with Gasteiger partial charge in [0.25, 0.3) is 5.91 Å². The van der Waals surface area contributed by atoms with Gasteiger partial charge in [0.15, 0.2) is 15.5 Å². The van der Waals surface area contributed by atoms with Gasteiger partial charge in [0.05, 0.1) is 22.6 Å². The van der Waals surface area contributed by atoms with Crippen LogP contribution in [0.4, 0.5) is 0 Å². The van der Waals surface area contributed by atoms with Crippen molar-refractivity contribution < 1.29 is 27.9 Å². The number of thiazole rings is 1. The van der Waals surface area contributed by atoms with E-state index in [4.69, 9.17) is 9.84 Å². The van der Waals surface area contributed by atoms with Crippen LogP contribution in [-0.4, -0.2) is 50.3 Å². The molecule has 2 N–H and O–H groups in total. The Labute approximate surface area is 148 Å². The Balaban J connectivity index is 2.08. The number of carboxylic acid groups (broad SMARTS) is 1. The van der Waals surface area contributed by atoms with Crippen LogP contribution >= 0.6 is 11.3 Å². The molecule has 1 aromatic heterocycles. The van der Waals surface area contributed by atoms with Crippen LogP contribution in [0.2, 0.25) is 0 Å². The van der Waals surface area contributed by atoms with E-state index in [1.807, 2.05) is 0 Å². The van der Waals surface area contributed by atoms with E-state index < -0.39 is 21.7 Å². The summed E-state index contributed by atoms with van der Waals surface area (Å²) in [4.78, 5) is 27.0. The number of carbonyl (C=O) groups is 2. The number of aromatic carboxylic acids is 1. The summed E-state index contributed by atoms with van der Waals surface area (Å²) in [6.07, 6.45) is 1.41. The molecule has 1 amide bonds. The maximum atomic E-state index is 12.3. The second kappa shape index (κ2) is 7.62. The monoisotopic (exact) mass is 384 g/mol. The largest absolute Gasteiger partial charge is 0.496 e. The molecule has 10 heteroatoms. The first-order chi connectivity index (χ1) is 11.7. The van der Waals surface area contributed by atoms with Gasteiger partial charge in [-0.15, -0.1) is 11.3 Å². The molecule has 2 rings (SSSR count). The number of aromatic nitrogens is 1. The SMILES string of the molecule is COc1ccc(S(C)(=O)=O)cc1C(=O)NCCc1nc(C(=O)O)cs1. The van der Waals surface area contributed by atoms with Crippen molar-refractivity contribution in [1.82, 2.24) is 10.3 Å². The molecular weight excluding hydrogens is 368 g/mol. The van der Waals surface area contributed by atoms with Crippen molar-refractivity contribution in [2.45, 2.75) is 11.3 Å². The third kappa shape index (κ3) is 4.77. The molecule has 0 atom stereocenters. The highest BCUT2D eigenvalue weighted by atomic mass is 32.2. The van der Waals surface area contributed by atoms with Gasteiger partial charge in [-0.05, 0) is 18.2 Å². The van der Waals surface area contributed by atoms with Gasteiger partial charge in [0, 0.05) is 24.6 Å². The summed E-state index contributed by atoms with van der Waals surface area (Å²) in [6.45, 7) is 0.220. The molecular formula is C15H16N2O6S2. The van der Waals surface area contributed by atoms with E-state index >= 15 is 0 Å². The minimum Gasteiger partial charge on any atom is -0.496 e. The van der Waals surface area contributed by atoms with Gasteiger partial charge in [0.2, 0.25) is 0 Å². The molecule has 0 bridgehead atoms. The fourth-order valence-corrected chi connectivity index (χ4v) is 3.42. The fraction of sp³-hybridized carbons (Fsp3) is 0.267. The van der Waals surface area contributed by atoms with Crippen LogP contribution in [0, 0.1) is 0 Å². The zero-order chi connectivity index (χ0) is 18.6. The number of hydrogen-bond acceptors (Lipinski definition) is 7. The highest BCUT2D eigenvalue weighted by Crippen LogP contribution is 2.22. The van der Waals surface area contributed by atoms with Crippen molar-refractivity contribution in [1.29, 1.82) is 0 Å². The summed E-state index contributed by atoms with van der Waals surface area (Å²) in [6, 6.07) is 4.05. The van der Waals surface area contributed by atoms with Gasteiger partial charge >= 0.3 is 5.97 Å². The van der Waals surface area contributed by atoms with Crippen molar-refractivity contribution in [3.8, 4) is 5.75 Å². The number of amides is 1. The zero-order valence-corrected chi connectivity index (χ0v) is 15.1. The van der Waals surface area contributed by atoms with E-state index in [2.05, 4.69) is 10.3 Å². The average molecular weight is 384 g/mol. The van der Waals surface area contributed by atoms with Gasteiger partial charge in [-0.25, -0.2) is 18.2 Å². The maximum absolute atomic E-state index is 12.3. The third-order valence-electron chi connectivity index (χ3n) is 3.24. The highest BCUT2D eigenvalue weighted by molar-refractivity contribution is 7.90. The van der Waals surface area contributed by atoms with Crippen molar-refractivity contribution in [2.75, 3.05) is 19.9 Å². The first-order valence-corrected chi connectivity index (χ1v) is 9.83. The van der Waals surface area contributed by atoms with Crippen molar-refractivity contribution in [3.63, 3.8) is 0 Å². The molecule has 0 saturated heterocycles. The number of benzene rings is 1. The average Bonchev–Trinajstić information content (AvgIpc) is 3.02. The molecule has 0 aliphatic rings. The molecule has 134 valence electrons. The molecule has 0 unspecified atom stereocenters. The molecule has 0 aliphatic heterocycles. The van der Waals surface area contributed by atoms with E-state index in [0.717, 1.165) is 6.26 Å². The van der Waals surface area contributed by atoms with Gasteiger partial charge in [0.1, 0.15) is 5.75 Å². The van der Waals surface area contributed by atoms with Crippen molar-refractivity contribution >= 4 is 33.1 Å². The molecule has 8 nitrogen and oxygen atoms in total. The lowest BCUT2D eigenvalue weighted by atomic mass is 10.2. The Hall–Kier alpha value is -2.46. The van der Waals surface area contributed by atoms with Crippen LogP contribution in [0.15, 0.2) is 28.5 Å². The van der Waals surface area contributed by atoms with Gasteiger partial charge in [-0.1, -0.05) is 0 Å². The van der Waals surface area contributed by atoms with E-state index in [-0.39, 0.29) is 28.4 Å². The van der Waals surface area contributed by atoms with Crippen LogP contribution in [-0.2, 0) is 16.3 Å². The van der Waals surface area contributed by atoms with Crippen molar-refractivity contribution in [3.05, 3.63) is 39.8 Å². The summed E-state index contributed by atoms with van der Waals surface area (Å²) in [5.41, 5.74) is 0.0737. The molecule has 0 aliphatic carbocycles. The predicted molar refractivity (Wildman–Crippen MR) is 91.2 cm³/mol. The highest BCUT2D eigenvalue weighted by Gasteiger charge is 2.17. The van der Waals surface area contributed by atoms with Crippen LogP contribution in [0.25, 0.3) is 0 Å². The first kappa shape index (κ1) is 18.9. The fourth-order valence-electron chi connectivity index (χ4n) is 2.00. The normalized spacial score (nSPS) is 11.1. The number of rotatable bonds is 7.